The van der Waals surface area contributed by atoms with Crippen molar-refractivity contribution >= 4 is 17.8 Å². The van der Waals surface area contributed by atoms with Gasteiger partial charge in [0.15, 0.2) is 0 Å². The lowest BCUT2D eigenvalue weighted by atomic mass is 10.2. The molecule has 0 radical (unpaired) electrons. The van der Waals surface area contributed by atoms with Crippen LogP contribution in [0.4, 0.5) is 5.69 Å². The minimum atomic E-state index is -0.214. The van der Waals surface area contributed by atoms with Crippen LogP contribution in [0.1, 0.15) is 45.7 Å². The zero-order valence-corrected chi connectivity index (χ0v) is 17.7. The minimum Gasteiger partial charge on any atom is -0.372 e. The van der Waals surface area contributed by atoms with Crippen molar-refractivity contribution in [3.8, 4) is 5.82 Å². The average molecular weight is 402 g/mol. The van der Waals surface area contributed by atoms with Gasteiger partial charge in [-0.3, -0.25) is 4.79 Å². The van der Waals surface area contributed by atoms with E-state index in [1.165, 1.54) is 18.5 Å². The molecule has 0 saturated carbocycles. The first-order valence-corrected chi connectivity index (χ1v) is 10.3. The Morgan fingerprint density at radius 3 is 2.50 bits per heavy atom. The summed E-state index contributed by atoms with van der Waals surface area (Å²) in [6.07, 6.45) is 5.96. The number of nitrogens with zero attached hydrogens (tertiary/aromatic N) is 4. The number of rotatable bonds is 5. The summed E-state index contributed by atoms with van der Waals surface area (Å²) < 4.78 is 2.09. The molecular weight excluding hydrogens is 374 g/mol. The lowest BCUT2D eigenvalue weighted by Crippen LogP contribution is -2.19. The highest BCUT2D eigenvalue weighted by Gasteiger charge is 2.13. The highest BCUT2D eigenvalue weighted by Crippen LogP contribution is 2.21. The maximum absolute atomic E-state index is 12.4. The SMILES string of the molecule is Cc1ccnc(-n2c(C)cc(/C=N\NC(=O)c3ccc(N4CCCC4)cc3)c2C)c1. The van der Waals surface area contributed by atoms with Gasteiger partial charge in [0, 0.05) is 47.5 Å². The molecule has 3 heterocycles. The van der Waals surface area contributed by atoms with Crippen LogP contribution in [0, 0.1) is 20.8 Å². The van der Waals surface area contributed by atoms with Crippen LogP contribution in [-0.2, 0) is 0 Å². The van der Waals surface area contributed by atoms with Crippen LogP contribution in [0.5, 0.6) is 0 Å². The summed E-state index contributed by atoms with van der Waals surface area (Å²) in [7, 11) is 0. The molecule has 6 heteroatoms. The van der Waals surface area contributed by atoms with Crippen molar-refractivity contribution in [1.82, 2.24) is 15.0 Å². The predicted octanol–water partition coefficient (Wildman–Crippen LogP) is 4.16. The second kappa shape index (κ2) is 8.53. The Morgan fingerprint density at radius 2 is 1.80 bits per heavy atom. The summed E-state index contributed by atoms with van der Waals surface area (Å²) in [6.45, 7) is 8.29. The smallest absolute Gasteiger partial charge is 0.271 e. The number of carbonyl (C=O) groups excluding carboxylic acids is 1. The molecule has 154 valence electrons. The lowest BCUT2D eigenvalue weighted by Gasteiger charge is -2.17. The lowest BCUT2D eigenvalue weighted by molar-refractivity contribution is 0.0955. The zero-order chi connectivity index (χ0) is 21.1. The van der Waals surface area contributed by atoms with E-state index in [9.17, 15) is 4.79 Å². The summed E-state index contributed by atoms with van der Waals surface area (Å²) in [4.78, 5) is 19.2. The fourth-order valence-electron chi connectivity index (χ4n) is 3.94. The standard InChI is InChI=1S/C24H27N5O/c1-17-10-11-25-23(14-17)29-18(2)15-21(19(29)3)16-26-27-24(30)20-6-8-22(9-7-20)28-12-4-5-13-28/h6-11,14-16H,4-5,12-13H2,1-3H3,(H,27,30)/b26-16-. The first-order chi connectivity index (χ1) is 14.5. The molecule has 1 fully saturated rings. The van der Waals surface area contributed by atoms with Gasteiger partial charge in [0.2, 0.25) is 0 Å². The monoisotopic (exact) mass is 401 g/mol. The van der Waals surface area contributed by atoms with E-state index in [-0.39, 0.29) is 5.91 Å². The fourth-order valence-corrected chi connectivity index (χ4v) is 3.94. The molecule has 1 aliphatic heterocycles. The second-order valence-corrected chi connectivity index (χ2v) is 7.79. The molecule has 1 saturated heterocycles. The number of aryl methyl sites for hydroxylation is 2. The Morgan fingerprint density at radius 1 is 1.07 bits per heavy atom. The van der Waals surface area contributed by atoms with Gasteiger partial charge in [-0.25, -0.2) is 10.4 Å². The molecule has 1 aliphatic rings. The maximum Gasteiger partial charge on any atom is 0.271 e. The topological polar surface area (TPSA) is 62.5 Å². The number of hydrogen-bond acceptors (Lipinski definition) is 4. The van der Waals surface area contributed by atoms with Gasteiger partial charge in [-0.05, 0) is 81.6 Å². The molecule has 1 aromatic carbocycles. The molecule has 2 aromatic heterocycles. The van der Waals surface area contributed by atoms with Gasteiger partial charge >= 0.3 is 0 Å². The van der Waals surface area contributed by atoms with Gasteiger partial charge in [0.05, 0.1) is 6.21 Å². The van der Waals surface area contributed by atoms with Crippen LogP contribution in [-0.4, -0.2) is 34.8 Å². The highest BCUT2D eigenvalue weighted by atomic mass is 16.2. The number of aromatic nitrogens is 2. The molecule has 0 bridgehead atoms. The summed E-state index contributed by atoms with van der Waals surface area (Å²) >= 11 is 0. The number of carbonyl (C=O) groups is 1. The van der Waals surface area contributed by atoms with Crippen LogP contribution < -0.4 is 10.3 Å². The molecule has 1 N–H and O–H groups in total. The van der Waals surface area contributed by atoms with Crippen molar-refractivity contribution in [2.24, 2.45) is 5.10 Å². The zero-order valence-electron chi connectivity index (χ0n) is 17.7. The number of hydrazone groups is 1. The number of anilines is 1. The van der Waals surface area contributed by atoms with Crippen LogP contribution in [0.3, 0.4) is 0 Å². The van der Waals surface area contributed by atoms with Crippen LogP contribution in [0.2, 0.25) is 0 Å². The first-order valence-electron chi connectivity index (χ1n) is 10.3. The van der Waals surface area contributed by atoms with Gasteiger partial charge in [0.25, 0.3) is 5.91 Å². The van der Waals surface area contributed by atoms with E-state index in [0.717, 1.165) is 41.4 Å². The number of benzene rings is 1. The van der Waals surface area contributed by atoms with E-state index in [4.69, 9.17) is 0 Å². The van der Waals surface area contributed by atoms with E-state index in [1.54, 1.807) is 6.21 Å². The van der Waals surface area contributed by atoms with Gasteiger partial charge in [-0.2, -0.15) is 5.10 Å². The number of pyridine rings is 1. The third-order valence-corrected chi connectivity index (χ3v) is 5.57. The Bertz CT molecular complexity index is 1080. The molecule has 0 spiro atoms. The number of nitrogens with one attached hydrogen (secondary N) is 1. The molecule has 0 aliphatic carbocycles. The van der Waals surface area contributed by atoms with Crippen LogP contribution in [0.25, 0.3) is 5.82 Å². The predicted molar refractivity (Wildman–Crippen MR) is 121 cm³/mol. The van der Waals surface area contributed by atoms with Crippen molar-refractivity contribution in [2.75, 3.05) is 18.0 Å². The van der Waals surface area contributed by atoms with E-state index in [2.05, 4.69) is 38.0 Å². The first kappa shape index (κ1) is 19.9. The van der Waals surface area contributed by atoms with E-state index >= 15 is 0 Å². The quantitative estimate of drug-likeness (QED) is 0.516. The van der Waals surface area contributed by atoms with Gasteiger partial charge < -0.3 is 9.47 Å². The molecule has 4 rings (SSSR count). The van der Waals surface area contributed by atoms with Crippen molar-refractivity contribution < 1.29 is 4.79 Å². The van der Waals surface area contributed by atoms with Gasteiger partial charge in [-0.15, -0.1) is 0 Å². The molecule has 0 unspecified atom stereocenters. The van der Waals surface area contributed by atoms with Crippen molar-refractivity contribution in [3.05, 3.63) is 76.7 Å². The van der Waals surface area contributed by atoms with Gasteiger partial charge in [0.1, 0.15) is 5.82 Å². The maximum atomic E-state index is 12.4. The summed E-state index contributed by atoms with van der Waals surface area (Å²) in [5.41, 5.74) is 8.60. The Balaban J connectivity index is 1.44. The van der Waals surface area contributed by atoms with E-state index < -0.39 is 0 Å². The summed E-state index contributed by atoms with van der Waals surface area (Å²) in [6, 6.07) is 13.8. The largest absolute Gasteiger partial charge is 0.372 e. The molecule has 0 atom stereocenters. The normalized spacial score (nSPS) is 13.9. The Hall–Kier alpha value is -3.41. The molecular formula is C24H27N5O. The third kappa shape index (κ3) is 4.13. The summed E-state index contributed by atoms with van der Waals surface area (Å²) in [5.74, 6) is 0.667. The van der Waals surface area contributed by atoms with E-state index in [1.807, 2.05) is 56.4 Å². The highest BCUT2D eigenvalue weighted by molar-refractivity contribution is 5.95. The molecule has 1 amide bonds. The average Bonchev–Trinajstić information content (AvgIpc) is 3.37. The Kier molecular flexibility index (Phi) is 5.65. The van der Waals surface area contributed by atoms with Crippen LogP contribution >= 0.6 is 0 Å². The number of hydrogen-bond donors (Lipinski definition) is 1. The van der Waals surface area contributed by atoms with Crippen molar-refractivity contribution in [1.29, 1.82) is 0 Å². The third-order valence-electron chi connectivity index (χ3n) is 5.57. The Labute approximate surface area is 177 Å². The summed E-state index contributed by atoms with van der Waals surface area (Å²) in [5, 5.41) is 4.18. The van der Waals surface area contributed by atoms with Crippen molar-refractivity contribution in [3.63, 3.8) is 0 Å². The minimum absolute atomic E-state index is 0.214. The molecule has 30 heavy (non-hydrogen) atoms. The van der Waals surface area contributed by atoms with Crippen LogP contribution in [0.15, 0.2) is 53.8 Å². The van der Waals surface area contributed by atoms with Gasteiger partial charge in [-0.1, -0.05) is 0 Å². The molecule has 3 aromatic rings. The van der Waals surface area contributed by atoms with Crippen molar-refractivity contribution in [2.45, 2.75) is 33.6 Å². The molecule has 6 nitrogen and oxygen atoms in total. The second-order valence-electron chi connectivity index (χ2n) is 7.79. The fraction of sp³-hybridized carbons (Fsp3) is 0.292. The number of amides is 1. The van der Waals surface area contributed by atoms with E-state index in [0.29, 0.717) is 5.56 Å².